The Balaban J connectivity index is 1.88. The van der Waals surface area contributed by atoms with Gasteiger partial charge in [0.2, 0.25) is 5.89 Å². The van der Waals surface area contributed by atoms with Crippen LogP contribution >= 0.6 is 0 Å². The molecule has 0 aliphatic carbocycles. The molecule has 2 heterocycles. The van der Waals surface area contributed by atoms with Gasteiger partial charge in [0.05, 0.1) is 12.6 Å². The van der Waals surface area contributed by atoms with E-state index in [1.54, 1.807) is 0 Å². The SMILES string of the molecule is CC(C)Cc1noc(CN2CCCC(C(C)O)C2)n1. The summed E-state index contributed by atoms with van der Waals surface area (Å²) in [5.41, 5.74) is 0. The summed E-state index contributed by atoms with van der Waals surface area (Å²) in [4.78, 5) is 6.73. The van der Waals surface area contributed by atoms with Crippen molar-refractivity contribution in [1.29, 1.82) is 0 Å². The maximum absolute atomic E-state index is 9.69. The number of aliphatic hydroxyl groups excluding tert-OH is 1. The average Bonchev–Trinajstić information content (AvgIpc) is 2.76. The first-order valence-corrected chi connectivity index (χ1v) is 7.26. The lowest BCUT2D eigenvalue weighted by Crippen LogP contribution is -2.39. The highest BCUT2D eigenvalue weighted by molar-refractivity contribution is 4.88. The molecule has 0 amide bonds. The van der Waals surface area contributed by atoms with Crippen LogP contribution in [0.25, 0.3) is 0 Å². The zero-order valence-electron chi connectivity index (χ0n) is 12.2. The van der Waals surface area contributed by atoms with Crippen molar-refractivity contribution in [3.05, 3.63) is 11.7 Å². The summed E-state index contributed by atoms with van der Waals surface area (Å²) in [7, 11) is 0. The second-order valence-corrected chi connectivity index (χ2v) is 6.08. The van der Waals surface area contributed by atoms with Crippen LogP contribution in [-0.2, 0) is 13.0 Å². The third-order valence-corrected chi connectivity index (χ3v) is 3.68. The smallest absolute Gasteiger partial charge is 0.240 e. The van der Waals surface area contributed by atoms with Crippen LogP contribution in [0.4, 0.5) is 0 Å². The summed E-state index contributed by atoms with van der Waals surface area (Å²) in [5, 5.41) is 13.7. The quantitative estimate of drug-likeness (QED) is 0.882. The average molecular weight is 267 g/mol. The van der Waals surface area contributed by atoms with Crippen LogP contribution in [-0.4, -0.2) is 39.3 Å². The molecule has 5 nitrogen and oxygen atoms in total. The lowest BCUT2D eigenvalue weighted by atomic mass is 9.93. The van der Waals surface area contributed by atoms with Gasteiger partial charge in [-0.05, 0) is 38.1 Å². The Hall–Kier alpha value is -0.940. The fourth-order valence-electron chi connectivity index (χ4n) is 2.62. The van der Waals surface area contributed by atoms with E-state index in [0.29, 0.717) is 24.3 Å². The van der Waals surface area contributed by atoms with Gasteiger partial charge < -0.3 is 9.63 Å². The predicted octanol–water partition coefficient (Wildman–Crippen LogP) is 1.86. The zero-order chi connectivity index (χ0) is 13.8. The lowest BCUT2D eigenvalue weighted by molar-refractivity contribution is 0.0556. The fraction of sp³-hybridized carbons (Fsp3) is 0.857. The van der Waals surface area contributed by atoms with Crippen molar-refractivity contribution in [2.24, 2.45) is 11.8 Å². The molecule has 1 N–H and O–H groups in total. The van der Waals surface area contributed by atoms with Crippen molar-refractivity contribution in [2.75, 3.05) is 13.1 Å². The minimum absolute atomic E-state index is 0.234. The molecule has 2 atom stereocenters. The van der Waals surface area contributed by atoms with Crippen molar-refractivity contribution in [2.45, 2.75) is 52.7 Å². The number of rotatable bonds is 5. The van der Waals surface area contributed by atoms with Gasteiger partial charge in [-0.25, -0.2) is 0 Å². The van der Waals surface area contributed by atoms with Gasteiger partial charge in [-0.1, -0.05) is 19.0 Å². The maximum atomic E-state index is 9.69. The first kappa shape index (κ1) is 14.5. The van der Waals surface area contributed by atoms with E-state index in [-0.39, 0.29) is 6.10 Å². The van der Waals surface area contributed by atoms with Crippen LogP contribution in [0.2, 0.25) is 0 Å². The molecule has 0 spiro atoms. The molecule has 0 bridgehead atoms. The molecule has 1 aromatic heterocycles. The van der Waals surface area contributed by atoms with Gasteiger partial charge in [0.15, 0.2) is 5.82 Å². The Kier molecular flexibility index (Phi) is 4.93. The number of nitrogens with zero attached hydrogens (tertiary/aromatic N) is 3. The molecule has 1 fully saturated rings. The van der Waals surface area contributed by atoms with Crippen molar-refractivity contribution < 1.29 is 9.63 Å². The van der Waals surface area contributed by atoms with E-state index in [1.807, 2.05) is 6.92 Å². The molecule has 1 aliphatic heterocycles. The van der Waals surface area contributed by atoms with Crippen LogP contribution in [0.15, 0.2) is 4.52 Å². The highest BCUT2D eigenvalue weighted by Gasteiger charge is 2.24. The molecule has 0 aromatic carbocycles. The van der Waals surface area contributed by atoms with Crippen LogP contribution in [0, 0.1) is 11.8 Å². The third kappa shape index (κ3) is 4.28. The Morgan fingerprint density at radius 1 is 1.42 bits per heavy atom. The molecule has 1 saturated heterocycles. The first-order valence-electron chi connectivity index (χ1n) is 7.26. The highest BCUT2D eigenvalue weighted by atomic mass is 16.5. The summed E-state index contributed by atoms with van der Waals surface area (Å²) in [5.74, 6) is 2.41. The summed E-state index contributed by atoms with van der Waals surface area (Å²) in [6.07, 6.45) is 2.86. The molecule has 0 saturated carbocycles. The normalized spacial score (nSPS) is 22.9. The zero-order valence-corrected chi connectivity index (χ0v) is 12.2. The van der Waals surface area contributed by atoms with E-state index >= 15 is 0 Å². The second-order valence-electron chi connectivity index (χ2n) is 6.08. The molecule has 19 heavy (non-hydrogen) atoms. The molecule has 1 aliphatic rings. The number of likely N-dealkylation sites (tertiary alicyclic amines) is 1. The lowest BCUT2D eigenvalue weighted by Gasteiger charge is -2.33. The minimum atomic E-state index is -0.234. The summed E-state index contributed by atoms with van der Waals surface area (Å²) in [6.45, 7) is 8.84. The molecule has 2 rings (SSSR count). The van der Waals surface area contributed by atoms with E-state index in [4.69, 9.17) is 4.52 Å². The van der Waals surface area contributed by atoms with E-state index in [2.05, 4.69) is 28.9 Å². The van der Waals surface area contributed by atoms with Gasteiger partial charge in [0.25, 0.3) is 0 Å². The number of hydrogen-bond donors (Lipinski definition) is 1. The molecule has 0 radical (unpaired) electrons. The molecule has 5 heteroatoms. The van der Waals surface area contributed by atoms with E-state index in [1.165, 1.54) is 0 Å². The Labute approximate surface area is 115 Å². The minimum Gasteiger partial charge on any atom is -0.393 e. The van der Waals surface area contributed by atoms with Crippen LogP contribution in [0.1, 0.15) is 45.3 Å². The number of piperidine rings is 1. The topological polar surface area (TPSA) is 62.4 Å². The Morgan fingerprint density at radius 2 is 2.21 bits per heavy atom. The van der Waals surface area contributed by atoms with Gasteiger partial charge in [0.1, 0.15) is 0 Å². The molecular formula is C14H25N3O2. The molecular weight excluding hydrogens is 242 g/mol. The van der Waals surface area contributed by atoms with Crippen LogP contribution < -0.4 is 0 Å². The van der Waals surface area contributed by atoms with Gasteiger partial charge in [-0.2, -0.15) is 4.98 Å². The largest absolute Gasteiger partial charge is 0.393 e. The van der Waals surface area contributed by atoms with Gasteiger partial charge in [-0.3, -0.25) is 4.90 Å². The Morgan fingerprint density at radius 3 is 2.89 bits per heavy atom. The Bertz CT molecular complexity index is 390. The third-order valence-electron chi connectivity index (χ3n) is 3.68. The molecule has 1 aromatic rings. The van der Waals surface area contributed by atoms with Gasteiger partial charge in [-0.15, -0.1) is 0 Å². The van der Waals surface area contributed by atoms with Crippen molar-refractivity contribution in [1.82, 2.24) is 15.0 Å². The fourth-order valence-corrected chi connectivity index (χ4v) is 2.62. The number of hydrogen-bond acceptors (Lipinski definition) is 5. The first-order chi connectivity index (χ1) is 9.04. The van der Waals surface area contributed by atoms with E-state index in [9.17, 15) is 5.11 Å². The summed E-state index contributed by atoms with van der Waals surface area (Å²) < 4.78 is 5.30. The number of aliphatic hydroxyl groups is 1. The van der Waals surface area contributed by atoms with Crippen molar-refractivity contribution in [3.8, 4) is 0 Å². The van der Waals surface area contributed by atoms with E-state index in [0.717, 1.165) is 38.2 Å². The monoisotopic (exact) mass is 267 g/mol. The predicted molar refractivity (Wildman–Crippen MR) is 72.5 cm³/mol. The second kappa shape index (κ2) is 6.48. The van der Waals surface area contributed by atoms with E-state index < -0.39 is 0 Å². The van der Waals surface area contributed by atoms with Gasteiger partial charge >= 0.3 is 0 Å². The maximum Gasteiger partial charge on any atom is 0.240 e. The van der Waals surface area contributed by atoms with Gasteiger partial charge in [0, 0.05) is 13.0 Å². The van der Waals surface area contributed by atoms with Crippen LogP contribution in [0.3, 0.4) is 0 Å². The van der Waals surface area contributed by atoms with Crippen LogP contribution in [0.5, 0.6) is 0 Å². The summed E-state index contributed by atoms with van der Waals surface area (Å²) in [6, 6.07) is 0. The molecule has 2 unspecified atom stereocenters. The molecule has 108 valence electrons. The summed E-state index contributed by atoms with van der Waals surface area (Å²) >= 11 is 0. The van der Waals surface area contributed by atoms with Crippen molar-refractivity contribution in [3.63, 3.8) is 0 Å². The highest BCUT2D eigenvalue weighted by Crippen LogP contribution is 2.21. The number of aromatic nitrogens is 2. The standard InChI is InChI=1S/C14H25N3O2/c1-10(2)7-13-15-14(19-16-13)9-17-6-4-5-12(8-17)11(3)18/h10-12,18H,4-9H2,1-3H3. The van der Waals surface area contributed by atoms with Crippen molar-refractivity contribution >= 4 is 0 Å².